The Morgan fingerprint density at radius 3 is 2.41 bits per heavy atom. The van der Waals surface area contributed by atoms with Gasteiger partial charge in [-0.1, -0.05) is 38.5 Å². The summed E-state index contributed by atoms with van der Waals surface area (Å²) in [6.45, 7) is 7.43. The van der Waals surface area contributed by atoms with Crippen LogP contribution in [-0.2, 0) is 18.4 Å². The number of urea groups is 1. The highest BCUT2D eigenvalue weighted by molar-refractivity contribution is 5.92. The number of aryl methyl sites for hydroxylation is 1. The van der Waals surface area contributed by atoms with Crippen LogP contribution in [-0.4, -0.2) is 45.4 Å². The van der Waals surface area contributed by atoms with Crippen molar-refractivity contribution < 1.29 is 9.59 Å². The summed E-state index contributed by atoms with van der Waals surface area (Å²) in [7, 11) is 1.98. The second kappa shape index (κ2) is 11.3. The number of aromatic nitrogens is 1. The maximum Gasteiger partial charge on any atom is 0.322 e. The minimum absolute atomic E-state index is 0.0249. The van der Waals surface area contributed by atoms with Crippen LogP contribution in [0.15, 0.2) is 48.7 Å². The Kier molecular flexibility index (Phi) is 8.77. The standard InChI is InChI=1S/C23H34N4O2/c1-5-7-16-26(17-21-14-11-15-25(21)4)22(28)18-27(19(3)6-2)23(29)24-20-12-9-8-10-13-20/h8-15,19H,5-7,16-18H2,1-4H3,(H,24,29). The zero-order chi connectivity index (χ0) is 21.2. The molecule has 6 nitrogen and oxygen atoms in total. The fraction of sp³-hybridized carbons (Fsp3) is 0.478. The third-order valence-corrected chi connectivity index (χ3v) is 5.25. The van der Waals surface area contributed by atoms with E-state index in [2.05, 4.69) is 12.2 Å². The van der Waals surface area contributed by atoms with Crippen LogP contribution in [0.3, 0.4) is 0 Å². The molecule has 2 aromatic rings. The number of amides is 3. The van der Waals surface area contributed by atoms with Crippen LogP contribution < -0.4 is 5.32 Å². The van der Waals surface area contributed by atoms with Crippen LogP contribution in [0.5, 0.6) is 0 Å². The predicted octanol–water partition coefficient (Wildman–Crippen LogP) is 4.49. The summed E-state index contributed by atoms with van der Waals surface area (Å²) in [4.78, 5) is 29.6. The number of nitrogens with one attached hydrogen (secondary N) is 1. The molecule has 0 aliphatic carbocycles. The van der Waals surface area contributed by atoms with E-state index in [-0.39, 0.29) is 24.5 Å². The van der Waals surface area contributed by atoms with Crippen molar-refractivity contribution in [2.45, 2.75) is 52.6 Å². The van der Waals surface area contributed by atoms with Crippen molar-refractivity contribution in [1.82, 2.24) is 14.4 Å². The smallest absolute Gasteiger partial charge is 0.322 e. The Balaban J connectivity index is 2.12. The Labute approximate surface area is 174 Å². The van der Waals surface area contributed by atoms with E-state index in [1.807, 2.05) is 79.0 Å². The minimum atomic E-state index is -0.242. The fourth-order valence-corrected chi connectivity index (χ4v) is 3.11. The van der Waals surface area contributed by atoms with E-state index in [0.29, 0.717) is 13.1 Å². The number of hydrogen-bond donors (Lipinski definition) is 1. The van der Waals surface area contributed by atoms with E-state index in [1.165, 1.54) is 0 Å². The van der Waals surface area contributed by atoms with Crippen molar-refractivity contribution >= 4 is 17.6 Å². The molecule has 29 heavy (non-hydrogen) atoms. The summed E-state index contributed by atoms with van der Waals surface area (Å²) in [6, 6.07) is 13.1. The molecular weight excluding hydrogens is 364 g/mol. The van der Waals surface area contributed by atoms with Crippen LogP contribution in [0.25, 0.3) is 0 Å². The SMILES string of the molecule is CCCCN(Cc1cccn1C)C(=O)CN(C(=O)Nc1ccccc1)C(C)CC. The van der Waals surface area contributed by atoms with Crippen LogP contribution >= 0.6 is 0 Å². The molecule has 0 aliphatic heterocycles. The van der Waals surface area contributed by atoms with Crippen LogP contribution in [0.1, 0.15) is 45.7 Å². The van der Waals surface area contributed by atoms with Crippen molar-refractivity contribution in [3.05, 3.63) is 54.4 Å². The number of para-hydroxylation sites is 1. The first-order valence-electron chi connectivity index (χ1n) is 10.5. The topological polar surface area (TPSA) is 57.6 Å². The fourth-order valence-electron chi connectivity index (χ4n) is 3.11. The van der Waals surface area contributed by atoms with Gasteiger partial charge in [-0.05, 0) is 44.0 Å². The number of carbonyl (C=O) groups excluding carboxylic acids is 2. The summed E-state index contributed by atoms with van der Waals surface area (Å²) in [5, 5.41) is 2.91. The normalized spacial score (nSPS) is 11.7. The van der Waals surface area contributed by atoms with Gasteiger partial charge in [0, 0.05) is 37.2 Å². The maximum absolute atomic E-state index is 13.2. The largest absolute Gasteiger partial charge is 0.353 e. The molecule has 0 saturated heterocycles. The van der Waals surface area contributed by atoms with Crippen molar-refractivity contribution in [2.75, 3.05) is 18.4 Å². The van der Waals surface area contributed by atoms with Gasteiger partial charge < -0.3 is 19.7 Å². The number of hydrogen-bond acceptors (Lipinski definition) is 2. The molecule has 0 radical (unpaired) electrons. The van der Waals surface area contributed by atoms with Crippen LogP contribution in [0.4, 0.5) is 10.5 Å². The van der Waals surface area contributed by atoms with E-state index in [4.69, 9.17) is 0 Å². The third kappa shape index (κ3) is 6.66. The molecule has 1 aromatic heterocycles. The van der Waals surface area contributed by atoms with Crippen molar-refractivity contribution in [3.8, 4) is 0 Å². The molecule has 0 fully saturated rings. The van der Waals surface area contributed by atoms with E-state index in [9.17, 15) is 9.59 Å². The average molecular weight is 399 g/mol. The molecular formula is C23H34N4O2. The van der Waals surface area contributed by atoms with E-state index in [1.54, 1.807) is 4.90 Å². The number of nitrogens with zero attached hydrogens (tertiary/aromatic N) is 3. The monoisotopic (exact) mass is 398 g/mol. The van der Waals surface area contributed by atoms with Gasteiger partial charge >= 0.3 is 6.03 Å². The van der Waals surface area contributed by atoms with Crippen molar-refractivity contribution in [2.24, 2.45) is 7.05 Å². The number of anilines is 1. The first-order valence-corrected chi connectivity index (χ1v) is 10.5. The van der Waals surface area contributed by atoms with Crippen LogP contribution in [0, 0.1) is 0 Å². The summed E-state index contributed by atoms with van der Waals surface area (Å²) < 4.78 is 2.03. The molecule has 0 bridgehead atoms. The Hall–Kier alpha value is -2.76. The number of carbonyl (C=O) groups is 2. The second-order valence-electron chi connectivity index (χ2n) is 7.46. The third-order valence-electron chi connectivity index (χ3n) is 5.25. The number of rotatable bonds is 10. The quantitative estimate of drug-likeness (QED) is 0.641. The minimum Gasteiger partial charge on any atom is -0.353 e. The molecule has 0 saturated carbocycles. The molecule has 0 spiro atoms. The molecule has 0 aliphatic rings. The predicted molar refractivity (Wildman–Crippen MR) is 118 cm³/mol. The first-order chi connectivity index (χ1) is 14.0. The molecule has 1 heterocycles. The van der Waals surface area contributed by atoms with Gasteiger partial charge in [0.15, 0.2) is 0 Å². The van der Waals surface area contributed by atoms with Crippen molar-refractivity contribution in [3.63, 3.8) is 0 Å². The molecule has 1 unspecified atom stereocenters. The molecule has 3 amide bonds. The van der Waals surface area contributed by atoms with E-state index in [0.717, 1.165) is 30.6 Å². The van der Waals surface area contributed by atoms with Gasteiger partial charge in [-0.3, -0.25) is 4.79 Å². The van der Waals surface area contributed by atoms with Crippen molar-refractivity contribution in [1.29, 1.82) is 0 Å². The first kappa shape index (κ1) is 22.5. The Morgan fingerprint density at radius 2 is 1.83 bits per heavy atom. The lowest BCUT2D eigenvalue weighted by Gasteiger charge is -2.31. The van der Waals surface area contributed by atoms with Gasteiger partial charge in [-0.15, -0.1) is 0 Å². The van der Waals surface area contributed by atoms with Gasteiger partial charge in [-0.2, -0.15) is 0 Å². The summed E-state index contributed by atoms with van der Waals surface area (Å²) in [5.41, 5.74) is 1.81. The average Bonchev–Trinajstić information content (AvgIpc) is 3.13. The second-order valence-corrected chi connectivity index (χ2v) is 7.46. The van der Waals surface area contributed by atoms with E-state index >= 15 is 0 Å². The van der Waals surface area contributed by atoms with E-state index < -0.39 is 0 Å². The summed E-state index contributed by atoms with van der Waals surface area (Å²) in [6.07, 6.45) is 4.72. The molecule has 6 heteroatoms. The molecule has 1 N–H and O–H groups in total. The van der Waals surface area contributed by atoms with Gasteiger partial charge in [0.25, 0.3) is 0 Å². The molecule has 2 rings (SSSR count). The molecule has 1 aromatic carbocycles. The number of benzene rings is 1. The van der Waals surface area contributed by atoms with Gasteiger partial charge in [-0.25, -0.2) is 4.79 Å². The zero-order valence-electron chi connectivity index (χ0n) is 18.1. The molecule has 158 valence electrons. The van der Waals surface area contributed by atoms with Gasteiger partial charge in [0.05, 0.1) is 6.54 Å². The highest BCUT2D eigenvalue weighted by Crippen LogP contribution is 2.13. The Bertz CT molecular complexity index is 772. The maximum atomic E-state index is 13.2. The lowest BCUT2D eigenvalue weighted by Crippen LogP contribution is -2.48. The summed E-state index contributed by atoms with van der Waals surface area (Å²) in [5.74, 6) is -0.0249. The van der Waals surface area contributed by atoms with Crippen LogP contribution in [0.2, 0.25) is 0 Å². The molecule has 1 atom stereocenters. The summed E-state index contributed by atoms with van der Waals surface area (Å²) >= 11 is 0. The zero-order valence-corrected chi connectivity index (χ0v) is 18.1. The van der Waals surface area contributed by atoms with Gasteiger partial charge in [0.2, 0.25) is 5.91 Å². The highest BCUT2D eigenvalue weighted by atomic mass is 16.2. The van der Waals surface area contributed by atoms with Gasteiger partial charge in [0.1, 0.15) is 6.54 Å². The lowest BCUT2D eigenvalue weighted by molar-refractivity contribution is -0.133. The highest BCUT2D eigenvalue weighted by Gasteiger charge is 2.25. The number of unbranched alkanes of at least 4 members (excludes halogenated alkanes) is 1. The Morgan fingerprint density at radius 1 is 1.10 bits per heavy atom. The lowest BCUT2D eigenvalue weighted by atomic mass is 10.2.